The second kappa shape index (κ2) is 3.33. The largest absolute Gasteiger partial charge is 0.465 e. The summed E-state index contributed by atoms with van der Waals surface area (Å²) in [7, 11) is 0. The van der Waals surface area contributed by atoms with Gasteiger partial charge in [-0.25, -0.2) is 9.78 Å². The fourth-order valence-corrected chi connectivity index (χ4v) is 1.20. The van der Waals surface area contributed by atoms with Crippen molar-refractivity contribution in [1.82, 2.24) is 20.5 Å². The maximum atomic E-state index is 10.3. The fourth-order valence-electron chi connectivity index (χ4n) is 1.20. The average molecular weight is 192 g/mol. The molecule has 14 heavy (non-hydrogen) atoms. The van der Waals surface area contributed by atoms with Gasteiger partial charge in [0.2, 0.25) is 0 Å². The van der Waals surface area contributed by atoms with Crippen molar-refractivity contribution in [3.05, 3.63) is 24.0 Å². The molecule has 0 radical (unpaired) electrons. The Labute approximate surface area is 79.0 Å². The molecule has 6 nitrogen and oxygen atoms in total. The summed E-state index contributed by atoms with van der Waals surface area (Å²) < 4.78 is 0. The number of carbonyl (C=O) groups is 1. The Morgan fingerprint density at radius 2 is 2.50 bits per heavy atom. The van der Waals surface area contributed by atoms with Crippen molar-refractivity contribution < 1.29 is 9.90 Å². The summed E-state index contributed by atoms with van der Waals surface area (Å²) >= 11 is 0. The molecule has 0 aromatic carbocycles. The van der Waals surface area contributed by atoms with Gasteiger partial charge in [-0.3, -0.25) is 5.10 Å². The number of rotatable bonds is 2. The summed E-state index contributed by atoms with van der Waals surface area (Å²) in [6.45, 7) is 0.182. The van der Waals surface area contributed by atoms with Crippen LogP contribution in [-0.4, -0.2) is 26.4 Å². The molecule has 2 rings (SSSR count). The molecule has 0 aliphatic heterocycles. The van der Waals surface area contributed by atoms with Crippen LogP contribution in [0.4, 0.5) is 4.79 Å². The Hall–Kier alpha value is -2.11. The number of aromatic nitrogens is 3. The molecule has 0 aliphatic rings. The van der Waals surface area contributed by atoms with Crippen LogP contribution >= 0.6 is 0 Å². The summed E-state index contributed by atoms with van der Waals surface area (Å²) in [5, 5.41) is 18.2. The SMILES string of the molecule is O=C(O)NCc1n[nH]c2ncccc12. The third-order valence-electron chi connectivity index (χ3n) is 1.82. The van der Waals surface area contributed by atoms with Gasteiger partial charge in [0.25, 0.3) is 0 Å². The molecule has 3 N–H and O–H groups in total. The minimum atomic E-state index is -1.06. The van der Waals surface area contributed by atoms with Crippen LogP contribution < -0.4 is 5.32 Å². The molecule has 2 heterocycles. The molecule has 72 valence electrons. The summed E-state index contributed by atoms with van der Waals surface area (Å²) in [6, 6.07) is 3.62. The molecule has 0 aliphatic carbocycles. The second-order valence-corrected chi connectivity index (χ2v) is 2.73. The van der Waals surface area contributed by atoms with Crippen LogP contribution in [0.5, 0.6) is 0 Å². The van der Waals surface area contributed by atoms with Gasteiger partial charge in [0.05, 0.1) is 12.2 Å². The van der Waals surface area contributed by atoms with Gasteiger partial charge in [0.15, 0.2) is 5.65 Å². The predicted molar refractivity (Wildman–Crippen MR) is 48.8 cm³/mol. The molecular weight excluding hydrogens is 184 g/mol. The van der Waals surface area contributed by atoms with E-state index in [1.54, 1.807) is 12.3 Å². The van der Waals surface area contributed by atoms with Crippen LogP contribution in [-0.2, 0) is 6.54 Å². The van der Waals surface area contributed by atoms with Crippen LogP contribution in [0.3, 0.4) is 0 Å². The van der Waals surface area contributed by atoms with Gasteiger partial charge in [0.1, 0.15) is 0 Å². The highest BCUT2D eigenvalue weighted by molar-refractivity contribution is 5.77. The molecule has 0 saturated carbocycles. The summed E-state index contributed by atoms with van der Waals surface area (Å²) in [4.78, 5) is 14.3. The zero-order valence-electron chi connectivity index (χ0n) is 7.19. The van der Waals surface area contributed by atoms with Crippen molar-refractivity contribution in [3.8, 4) is 0 Å². The van der Waals surface area contributed by atoms with Crippen LogP contribution in [0.1, 0.15) is 5.69 Å². The highest BCUT2D eigenvalue weighted by atomic mass is 16.4. The Kier molecular flexibility index (Phi) is 2.02. The third kappa shape index (κ3) is 1.49. The number of fused-ring (bicyclic) bond motifs is 1. The Morgan fingerprint density at radius 3 is 3.29 bits per heavy atom. The normalized spacial score (nSPS) is 10.3. The van der Waals surface area contributed by atoms with Crippen molar-refractivity contribution in [2.75, 3.05) is 0 Å². The van der Waals surface area contributed by atoms with Crippen molar-refractivity contribution in [2.24, 2.45) is 0 Å². The highest BCUT2D eigenvalue weighted by Crippen LogP contribution is 2.11. The lowest BCUT2D eigenvalue weighted by molar-refractivity contribution is 0.194. The van der Waals surface area contributed by atoms with Crippen molar-refractivity contribution in [2.45, 2.75) is 6.54 Å². The molecule has 2 aromatic heterocycles. The van der Waals surface area contributed by atoms with E-state index in [1.165, 1.54) is 0 Å². The minimum absolute atomic E-state index is 0.182. The molecule has 1 amide bonds. The van der Waals surface area contributed by atoms with Gasteiger partial charge in [-0.2, -0.15) is 5.10 Å². The van der Waals surface area contributed by atoms with Gasteiger partial charge >= 0.3 is 6.09 Å². The molecule has 0 fully saturated rings. The van der Waals surface area contributed by atoms with Crippen molar-refractivity contribution >= 4 is 17.1 Å². The number of nitrogens with one attached hydrogen (secondary N) is 2. The van der Waals surface area contributed by atoms with Gasteiger partial charge in [-0.05, 0) is 12.1 Å². The zero-order valence-corrected chi connectivity index (χ0v) is 7.19. The lowest BCUT2D eigenvalue weighted by atomic mass is 10.2. The molecule has 2 aromatic rings. The number of H-pyrrole nitrogens is 1. The van der Waals surface area contributed by atoms with Gasteiger partial charge in [0, 0.05) is 11.6 Å². The molecule has 0 saturated heterocycles. The smallest absolute Gasteiger partial charge is 0.404 e. The van der Waals surface area contributed by atoms with E-state index in [0.29, 0.717) is 11.3 Å². The number of pyridine rings is 1. The van der Waals surface area contributed by atoms with E-state index in [4.69, 9.17) is 5.11 Å². The number of aromatic amines is 1. The van der Waals surface area contributed by atoms with Gasteiger partial charge in [-0.15, -0.1) is 0 Å². The maximum Gasteiger partial charge on any atom is 0.404 e. The van der Waals surface area contributed by atoms with Crippen molar-refractivity contribution in [3.63, 3.8) is 0 Å². The second-order valence-electron chi connectivity index (χ2n) is 2.73. The molecule has 0 unspecified atom stereocenters. The molecule has 0 atom stereocenters. The Bertz CT molecular complexity index is 465. The first-order valence-electron chi connectivity index (χ1n) is 4.02. The van der Waals surface area contributed by atoms with Gasteiger partial charge < -0.3 is 10.4 Å². The zero-order chi connectivity index (χ0) is 9.97. The van der Waals surface area contributed by atoms with E-state index < -0.39 is 6.09 Å². The Morgan fingerprint density at radius 1 is 1.64 bits per heavy atom. The quantitative estimate of drug-likeness (QED) is 0.654. The van der Waals surface area contributed by atoms with E-state index >= 15 is 0 Å². The van der Waals surface area contributed by atoms with Crippen molar-refractivity contribution in [1.29, 1.82) is 0 Å². The fraction of sp³-hybridized carbons (Fsp3) is 0.125. The maximum absolute atomic E-state index is 10.3. The lowest BCUT2D eigenvalue weighted by Crippen LogP contribution is -2.20. The van der Waals surface area contributed by atoms with E-state index in [0.717, 1.165) is 5.39 Å². The molecule has 0 spiro atoms. The number of amides is 1. The summed E-state index contributed by atoms with van der Waals surface area (Å²) in [5.74, 6) is 0. The highest BCUT2D eigenvalue weighted by Gasteiger charge is 2.05. The van der Waals surface area contributed by atoms with Gasteiger partial charge in [-0.1, -0.05) is 0 Å². The van der Waals surface area contributed by atoms with E-state index in [9.17, 15) is 4.79 Å². The van der Waals surface area contributed by atoms with Crippen LogP contribution in [0.2, 0.25) is 0 Å². The molecular formula is C8H8N4O2. The summed E-state index contributed by atoms with van der Waals surface area (Å²) in [6.07, 6.45) is 0.583. The number of nitrogens with zero attached hydrogens (tertiary/aromatic N) is 2. The topological polar surface area (TPSA) is 90.9 Å². The predicted octanol–water partition coefficient (Wildman–Crippen LogP) is 0.725. The first kappa shape index (κ1) is 8.49. The van der Waals surface area contributed by atoms with E-state index in [1.807, 2.05) is 6.07 Å². The molecule has 0 bridgehead atoms. The van der Waals surface area contributed by atoms with E-state index in [-0.39, 0.29) is 6.54 Å². The monoisotopic (exact) mass is 192 g/mol. The third-order valence-corrected chi connectivity index (χ3v) is 1.82. The van der Waals surface area contributed by atoms with Crippen LogP contribution in [0, 0.1) is 0 Å². The standard InChI is InChI=1S/C8H8N4O2/c13-8(14)10-4-6-5-2-1-3-9-7(5)12-11-6/h1-3,10H,4H2,(H,13,14)(H,9,11,12). The number of hydrogen-bond donors (Lipinski definition) is 3. The minimum Gasteiger partial charge on any atom is -0.465 e. The van der Waals surface area contributed by atoms with Crippen LogP contribution in [0.25, 0.3) is 11.0 Å². The van der Waals surface area contributed by atoms with Crippen LogP contribution in [0.15, 0.2) is 18.3 Å². The van der Waals surface area contributed by atoms with E-state index in [2.05, 4.69) is 20.5 Å². The lowest BCUT2D eigenvalue weighted by Gasteiger charge is -1.96. The molecule has 6 heteroatoms. The average Bonchev–Trinajstić information content (AvgIpc) is 2.58. The number of hydrogen-bond acceptors (Lipinski definition) is 3. The summed E-state index contributed by atoms with van der Waals surface area (Å²) in [5.41, 5.74) is 1.31. The number of carboxylic acid groups (broad SMARTS) is 1. The first-order valence-corrected chi connectivity index (χ1v) is 4.02. The first-order chi connectivity index (χ1) is 6.77. The Balaban J connectivity index is 2.29.